The number of aromatic carboxylic acids is 1. The molecule has 0 bridgehead atoms. The normalized spacial score (nSPS) is 15.1. The number of allylic oxidation sites excluding steroid dienone is 1. The van der Waals surface area contributed by atoms with Crippen LogP contribution in [0.4, 0.5) is 0 Å². The number of rotatable bonds is 5. The Hall–Kier alpha value is -2.26. The topological polar surface area (TPSA) is 37.3 Å². The molecule has 0 saturated heterocycles. The van der Waals surface area contributed by atoms with E-state index in [-0.39, 0.29) is 5.41 Å². The van der Waals surface area contributed by atoms with E-state index in [1.807, 2.05) is 23.9 Å². The molecule has 28 heavy (non-hydrogen) atoms. The third-order valence-corrected chi connectivity index (χ3v) is 6.44. The number of benzene rings is 2. The molecule has 3 rings (SSSR count). The van der Waals surface area contributed by atoms with Crippen molar-refractivity contribution in [3.63, 3.8) is 0 Å². The van der Waals surface area contributed by atoms with Crippen LogP contribution in [0.3, 0.4) is 0 Å². The van der Waals surface area contributed by atoms with Crippen molar-refractivity contribution in [3.8, 4) is 0 Å². The number of carboxylic acids is 1. The first-order valence-corrected chi connectivity index (χ1v) is 10.5. The fraction of sp³-hybridized carbons (Fsp3) is 0.320. The van der Waals surface area contributed by atoms with Gasteiger partial charge in [0.15, 0.2) is 0 Å². The van der Waals surface area contributed by atoms with Crippen molar-refractivity contribution >= 4 is 28.2 Å². The van der Waals surface area contributed by atoms with Gasteiger partial charge in [-0.05, 0) is 70.3 Å². The minimum Gasteiger partial charge on any atom is -0.478 e. The standard InChI is InChI=1S/C25H28O2S/c1-15(2)28-23-11-12-25(5,6)22-13-16(3)20(14-21(22)23)17(4)18-7-9-19(10-8-18)24(26)27/h7-11,13-15H,4,12H2,1-3,5-6H3,(H,26,27). The van der Waals surface area contributed by atoms with Crippen molar-refractivity contribution in [3.05, 3.63) is 82.4 Å². The Morgan fingerprint density at radius 2 is 1.75 bits per heavy atom. The number of fused-ring (bicyclic) bond motifs is 1. The highest BCUT2D eigenvalue weighted by molar-refractivity contribution is 8.08. The van der Waals surface area contributed by atoms with Gasteiger partial charge < -0.3 is 5.11 Å². The molecule has 0 aliphatic heterocycles. The van der Waals surface area contributed by atoms with Gasteiger partial charge in [-0.1, -0.05) is 58.5 Å². The summed E-state index contributed by atoms with van der Waals surface area (Å²) < 4.78 is 0. The highest BCUT2D eigenvalue weighted by atomic mass is 32.2. The van der Waals surface area contributed by atoms with Crippen LogP contribution in [-0.2, 0) is 5.41 Å². The van der Waals surface area contributed by atoms with Crippen LogP contribution in [0.25, 0.3) is 10.5 Å². The molecule has 0 saturated carbocycles. The monoisotopic (exact) mass is 392 g/mol. The average molecular weight is 393 g/mol. The lowest BCUT2D eigenvalue weighted by Gasteiger charge is -2.33. The van der Waals surface area contributed by atoms with E-state index in [2.05, 4.69) is 59.4 Å². The van der Waals surface area contributed by atoms with Crippen molar-refractivity contribution < 1.29 is 9.90 Å². The van der Waals surface area contributed by atoms with Crippen molar-refractivity contribution in [1.82, 2.24) is 0 Å². The Morgan fingerprint density at radius 1 is 1.14 bits per heavy atom. The lowest BCUT2D eigenvalue weighted by molar-refractivity contribution is 0.0697. The minimum atomic E-state index is -0.912. The minimum absolute atomic E-state index is 0.115. The maximum atomic E-state index is 11.1. The fourth-order valence-corrected chi connectivity index (χ4v) is 4.68. The Labute approximate surface area is 172 Å². The van der Waals surface area contributed by atoms with Gasteiger partial charge in [-0.3, -0.25) is 0 Å². The molecule has 1 aliphatic rings. The molecule has 0 radical (unpaired) electrons. The summed E-state index contributed by atoms with van der Waals surface area (Å²) in [6.45, 7) is 15.5. The predicted molar refractivity (Wildman–Crippen MR) is 121 cm³/mol. The number of carbonyl (C=O) groups is 1. The first-order chi connectivity index (χ1) is 13.1. The van der Waals surface area contributed by atoms with E-state index in [1.165, 1.54) is 21.6 Å². The second kappa shape index (κ2) is 7.63. The molecule has 2 aromatic carbocycles. The molecule has 0 spiro atoms. The van der Waals surface area contributed by atoms with Gasteiger partial charge in [0.2, 0.25) is 0 Å². The maximum absolute atomic E-state index is 11.1. The lowest BCUT2D eigenvalue weighted by Crippen LogP contribution is -2.22. The highest BCUT2D eigenvalue weighted by Gasteiger charge is 2.29. The molecule has 0 unspecified atom stereocenters. The van der Waals surface area contributed by atoms with Crippen LogP contribution in [0.5, 0.6) is 0 Å². The molecular formula is C25H28O2S. The smallest absolute Gasteiger partial charge is 0.335 e. The second-order valence-electron chi connectivity index (χ2n) is 8.40. The molecule has 2 nitrogen and oxygen atoms in total. The third-order valence-electron chi connectivity index (χ3n) is 5.32. The molecule has 1 N–H and O–H groups in total. The zero-order valence-corrected chi connectivity index (χ0v) is 18.1. The molecule has 0 atom stereocenters. The molecular weight excluding hydrogens is 364 g/mol. The molecule has 3 heteroatoms. The third kappa shape index (κ3) is 3.95. The zero-order valence-electron chi connectivity index (χ0n) is 17.3. The van der Waals surface area contributed by atoms with Crippen LogP contribution in [0.15, 0.2) is 49.1 Å². The van der Waals surface area contributed by atoms with Gasteiger partial charge in [0.1, 0.15) is 0 Å². The summed E-state index contributed by atoms with van der Waals surface area (Å²) in [4.78, 5) is 12.5. The van der Waals surface area contributed by atoms with E-state index in [0.29, 0.717) is 10.8 Å². The molecule has 1 aliphatic carbocycles. The van der Waals surface area contributed by atoms with Crippen LogP contribution in [-0.4, -0.2) is 16.3 Å². The quantitative estimate of drug-likeness (QED) is 0.600. The Bertz CT molecular complexity index is 963. The number of carboxylic acid groups (broad SMARTS) is 1. The van der Waals surface area contributed by atoms with Gasteiger partial charge in [-0.25, -0.2) is 4.79 Å². The van der Waals surface area contributed by atoms with E-state index in [4.69, 9.17) is 5.11 Å². The van der Waals surface area contributed by atoms with E-state index in [1.54, 1.807) is 12.1 Å². The van der Waals surface area contributed by atoms with Crippen LogP contribution in [0.1, 0.15) is 72.3 Å². The van der Waals surface area contributed by atoms with Gasteiger partial charge in [0.05, 0.1) is 5.56 Å². The van der Waals surface area contributed by atoms with Crippen molar-refractivity contribution in [1.29, 1.82) is 0 Å². The lowest BCUT2D eigenvalue weighted by atomic mass is 9.74. The number of aryl methyl sites for hydroxylation is 1. The van der Waals surface area contributed by atoms with Crippen LogP contribution < -0.4 is 0 Å². The molecule has 146 valence electrons. The summed E-state index contributed by atoms with van der Waals surface area (Å²) in [6.07, 6.45) is 3.42. The Balaban J connectivity index is 2.07. The average Bonchev–Trinajstić information content (AvgIpc) is 2.63. The van der Waals surface area contributed by atoms with Gasteiger partial charge in [0, 0.05) is 10.2 Å². The fourth-order valence-electron chi connectivity index (χ4n) is 3.70. The summed E-state index contributed by atoms with van der Waals surface area (Å²) in [7, 11) is 0. The predicted octanol–water partition coefficient (Wildman–Crippen LogP) is 6.92. The Kier molecular flexibility index (Phi) is 5.58. The second-order valence-corrected chi connectivity index (χ2v) is 10.0. The summed E-state index contributed by atoms with van der Waals surface area (Å²) >= 11 is 1.91. The van der Waals surface area contributed by atoms with Crippen molar-refractivity contribution in [2.75, 3.05) is 0 Å². The summed E-state index contributed by atoms with van der Waals surface area (Å²) in [6, 6.07) is 11.6. The van der Waals surface area contributed by atoms with E-state index >= 15 is 0 Å². The Morgan fingerprint density at radius 3 is 2.32 bits per heavy atom. The summed E-state index contributed by atoms with van der Waals surface area (Å²) in [5, 5.41) is 9.65. The zero-order chi connectivity index (χ0) is 20.6. The number of hydrogen-bond acceptors (Lipinski definition) is 2. The molecule has 2 aromatic rings. The van der Waals surface area contributed by atoms with Gasteiger partial charge in [0.25, 0.3) is 0 Å². The number of thioether (sulfide) groups is 1. The van der Waals surface area contributed by atoms with Gasteiger partial charge in [-0.2, -0.15) is 0 Å². The van der Waals surface area contributed by atoms with Crippen molar-refractivity contribution in [2.24, 2.45) is 0 Å². The summed E-state index contributed by atoms with van der Waals surface area (Å²) in [5.74, 6) is -0.912. The highest BCUT2D eigenvalue weighted by Crippen LogP contribution is 2.46. The first kappa shape index (κ1) is 20.5. The van der Waals surface area contributed by atoms with Crippen LogP contribution >= 0.6 is 11.8 Å². The van der Waals surface area contributed by atoms with E-state index in [9.17, 15) is 4.79 Å². The molecule has 0 amide bonds. The number of hydrogen-bond donors (Lipinski definition) is 1. The summed E-state index contributed by atoms with van der Waals surface area (Å²) in [5.41, 5.74) is 7.31. The van der Waals surface area contributed by atoms with Gasteiger partial charge in [-0.15, -0.1) is 11.8 Å². The van der Waals surface area contributed by atoms with E-state index in [0.717, 1.165) is 23.1 Å². The largest absolute Gasteiger partial charge is 0.478 e. The molecule has 0 fully saturated rings. The molecule has 0 heterocycles. The molecule has 0 aromatic heterocycles. The van der Waals surface area contributed by atoms with Crippen LogP contribution in [0.2, 0.25) is 0 Å². The first-order valence-electron chi connectivity index (χ1n) is 9.65. The SMILES string of the molecule is C=C(c1ccc(C(=O)O)cc1)c1cc2c(cc1C)C(C)(C)CC=C2SC(C)C. The van der Waals surface area contributed by atoms with Gasteiger partial charge >= 0.3 is 5.97 Å². The van der Waals surface area contributed by atoms with Crippen molar-refractivity contribution in [2.45, 2.75) is 51.7 Å². The maximum Gasteiger partial charge on any atom is 0.335 e. The van der Waals surface area contributed by atoms with Crippen LogP contribution in [0, 0.1) is 6.92 Å². The van der Waals surface area contributed by atoms with E-state index < -0.39 is 5.97 Å².